The van der Waals surface area contributed by atoms with Crippen molar-refractivity contribution in [1.82, 2.24) is 0 Å². The molecule has 5 heteroatoms. The van der Waals surface area contributed by atoms with E-state index in [0.717, 1.165) is 11.8 Å². The number of benzene rings is 1. The minimum atomic E-state index is -3.33. The average Bonchev–Trinajstić information content (AvgIpc) is 2.19. The molecule has 0 fully saturated rings. The standard InChI is InChI=1S/C12H17ClO3S/c1-12(2,17(3,15)16)11(14)8-9-6-4-5-7-10(9)13/h4-7,11,14H,8H2,1-3H3. The maximum absolute atomic E-state index is 11.6. The Morgan fingerprint density at radius 2 is 1.88 bits per heavy atom. The minimum Gasteiger partial charge on any atom is -0.391 e. The van der Waals surface area contributed by atoms with E-state index in [2.05, 4.69) is 0 Å². The molecule has 0 spiro atoms. The third-order valence-corrected chi connectivity index (χ3v) is 5.68. The molecule has 0 radical (unpaired) electrons. The molecule has 0 aliphatic rings. The number of aliphatic hydroxyl groups excluding tert-OH is 1. The van der Waals surface area contributed by atoms with E-state index in [1.54, 1.807) is 24.3 Å². The van der Waals surface area contributed by atoms with Gasteiger partial charge in [0, 0.05) is 17.7 Å². The van der Waals surface area contributed by atoms with Crippen LogP contribution in [0.5, 0.6) is 0 Å². The fourth-order valence-corrected chi connectivity index (χ4v) is 2.16. The monoisotopic (exact) mass is 276 g/mol. The molecular weight excluding hydrogens is 260 g/mol. The lowest BCUT2D eigenvalue weighted by molar-refractivity contribution is 0.138. The van der Waals surface area contributed by atoms with Crippen LogP contribution in [-0.2, 0) is 16.3 Å². The smallest absolute Gasteiger partial charge is 0.155 e. The molecule has 1 aromatic rings. The van der Waals surface area contributed by atoms with Crippen molar-refractivity contribution in [3.63, 3.8) is 0 Å². The van der Waals surface area contributed by atoms with Crippen molar-refractivity contribution in [2.24, 2.45) is 0 Å². The molecule has 1 N–H and O–H groups in total. The molecule has 0 aliphatic carbocycles. The van der Waals surface area contributed by atoms with Gasteiger partial charge < -0.3 is 5.11 Å². The number of hydrogen-bond donors (Lipinski definition) is 1. The van der Waals surface area contributed by atoms with Crippen molar-refractivity contribution in [3.8, 4) is 0 Å². The second-order valence-corrected chi connectivity index (χ2v) is 7.69. The van der Waals surface area contributed by atoms with Crippen molar-refractivity contribution in [2.75, 3.05) is 6.26 Å². The number of aliphatic hydroxyl groups is 1. The van der Waals surface area contributed by atoms with Crippen LogP contribution in [0.3, 0.4) is 0 Å². The summed E-state index contributed by atoms with van der Waals surface area (Å²) in [5.41, 5.74) is 0.749. The Balaban J connectivity index is 2.95. The van der Waals surface area contributed by atoms with Crippen molar-refractivity contribution in [1.29, 1.82) is 0 Å². The molecule has 3 nitrogen and oxygen atoms in total. The number of halogens is 1. The Hall–Kier alpha value is -0.580. The molecule has 0 heterocycles. The quantitative estimate of drug-likeness (QED) is 0.916. The van der Waals surface area contributed by atoms with Crippen LogP contribution >= 0.6 is 11.6 Å². The van der Waals surface area contributed by atoms with Gasteiger partial charge >= 0.3 is 0 Å². The van der Waals surface area contributed by atoms with E-state index in [1.807, 2.05) is 0 Å². The van der Waals surface area contributed by atoms with Crippen molar-refractivity contribution >= 4 is 21.4 Å². The fraction of sp³-hybridized carbons (Fsp3) is 0.500. The van der Waals surface area contributed by atoms with Crippen LogP contribution in [0.1, 0.15) is 19.4 Å². The van der Waals surface area contributed by atoms with Crippen LogP contribution in [-0.4, -0.2) is 30.6 Å². The molecule has 96 valence electrons. The SMILES string of the molecule is CC(C)(C(O)Cc1ccccc1Cl)S(C)(=O)=O. The molecule has 0 saturated carbocycles. The third kappa shape index (κ3) is 3.21. The van der Waals surface area contributed by atoms with Gasteiger partial charge in [-0.2, -0.15) is 0 Å². The highest BCUT2D eigenvalue weighted by molar-refractivity contribution is 7.92. The van der Waals surface area contributed by atoms with Gasteiger partial charge in [-0.25, -0.2) is 8.42 Å². The largest absolute Gasteiger partial charge is 0.391 e. The summed E-state index contributed by atoms with van der Waals surface area (Å²) in [4.78, 5) is 0. The Morgan fingerprint density at radius 3 is 2.35 bits per heavy atom. The second-order valence-electron chi connectivity index (χ2n) is 4.69. The van der Waals surface area contributed by atoms with Crippen LogP contribution in [0.2, 0.25) is 5.02 Å². The molecule has 0 saturated heterocycles. The first-order chi connectivity index (χ1) is 7.66. The zero-order valence-electron chi connectivity index (χ0n) is 10.1. The van der Waals surface area contributed by atoms with Gasteiger partial charge in [0.25, 0.3) is 0 Å². The lowest BCUT2D eigenvalue weighted by Crippen LogP contribution is -2.44. The average molecular weight is 277 g/mol. The number of rotatable bonds is 4. The highest BCUT2D eigenvalue weighted by Crippen LogP contribution is 2.25. The highest BCUT2D eigenvalue weighted by Gasteiger charge is 2.38. The molecule has 1 rings (SSSR count). The van der Waals surface area contributed by atoms with Crippen LogP contribution in [0.15, 0.2) is 24.3 Å². The molecule has 0 aliphatic heterocycles. The summed E-state index contributed by atoms with van der Waals surface area (Å²) >= 11 is 5.97. The van der Waals surface area contributed by atoms with Crippen LogP contribution < -0.4 is 0 Å². The van der Waals surface area contributed by atoms with E-state index in [1.165, 1.54) is 13.8 Å². The topological polar surface area (TPSA) is 54.4 Å². The van der Waals surface area contributed by atoms with E-state index in [0.29, 0.717) is 5.02 Å². The van der Waals surface area contributed by atoms with Gasteiger partial charge in [-0.1, -0.05) is 29.8 Å². The highest BCUT2D eigenvalue weighted by atomic mass is 35.5. The first kappa shape index (κ1) is 14.5. The summed E-state index contributed by atoms with van der Waals surface area (Å²) in [6.45, 7) is 3.04. The Bertz CT molecular complexity index is 494. The van der Waals surface area contributed by atoms with Crippen molar-refractivity contribution in [2.45, 2.75) is 31.1 Å². The predicted octanol–water partition coefficient (Wildman–Crippen LogP) is 2.07. The minimum absolute atomic E-state index is 0.222. The first-order valence-corrected chi connectivity index (χ1v) is 7.54. The number of sulfone groups is 1. The van der Waals surface area contributed by atoms with Gasteiger partial charge in [0.05, 0.1) is 10.9 Å². The third-order valence-electron chi connectivity index (χ3n) is 3.13. The summed E-state index contributed by atoms with van der Waals surface area (Å²) in [6.07, 6.45) is 0.361. The summed E-state index contributed by atoms with van der Waals surface area (Å²) in [7, 11) is -3.33. The Kier molecular flexibility index (Phi) is 4.23. The van der Waals surface area contributed by atoms with Crippen molar-refractivity contribution in [3.05, 3.63) is 34.9 Å². The molecule has 1 unspecified atom stereocenters. The molecule has 0 bridgehead atoms. The van der Waals surface area contributed by atoms with Crippen LogP contribution in [0.25, 0.3) is 0 Å². The van der Waals surface area contributed by atoms with E-state index in [-0.39, 0.29) is 6.42 Å². The molecule has 0 amide bonds. The molecule has 1 aromatic carbocycles. The number of hydrogen-bond acceptors (Lipinski definition) is 3. The van der Waals surface area contributed by atoms with Gasteiger partial charge in [0.2, 0.25) is 0 Å². The maximum Gasteiger partial charge on any atom is 0.155 e. The summed E-state index contributed by atoms with van der Waals surface area (Å²) in [5.74, 6) is 0. The normalized spacial score (nSPS) is 14.6. The first-order valence-electron chi connectivity index (χ1n) is 5.27. The predicted molar refractivity (Wildman–Crippen MR) is 70.1 cm³/mol. The van der Waals surface area contributed by atoms with E-state index < -0.39 is 20.7 Å². The van der Waals surface area contributed by atoms with E-state index in [4.69, 9.17) is 11.6 Å². The van der Waals surface area contributed by atoms with Crippen LogP contribution in [0.4, 0.5) is 0 Å². The van der Waals surface area contributed by atoms with E-state index in [9.17, 15) is 13.5 Å². The Labute approximate surface area is 107 Å². The summed E-state index contributed by atoms with van der Waals surface area (Å²) < 4.78 is 22.0. The molecule has 17 heavy (non-hydrogen) atoms. The zero-order chi connectivity index (χ0) is 13.3. The van der Waals surface area contributed by atoms with Gasteiger partial charge in [-0.15, -0.1) is 0 Å². The van der Waals surface area contributed by atoms with Gasteiger partial charge in [0.1, 0.15) is 0 Å². The van der Waals surface area contributed by atoms with Gasteiger partial charge in [-0.05, 0) is 25.5 Å². The molecule has 0 aromatic heterocycles. The van der Waals surface area contributed by atoms with Crippen LogP contribution in [0, 0.1) is 0 Å². The van der Waals surface area contributed by atoms with Gasteiger partial charge in [0.15, 0.2) is 9.84 Å². The summed E-state index contributed by atoms with van der Waals surface area (Å²) in [6, 6.07) is 7.10. The lowest BCUT2D eigenvalue weighted by Gasteiger charge is -2.28. The maximum atomic E-state index is 11.6. The fourth-order valence-electron chi connectivity index (χ4n) is 1.37. The van der Waals surface area contributed by atoms with Gasteiger partial charge in [-0.3, -0.25) is 0 Å². The zero-order valence-corrected chi connectivity index (χ0v) is 11.7. The second kappa shape index (κ2) is 4.96. The Morgan fingerprint density at radius 1 is 1.35 bits per heavy atom. The van der Waals surface area contributed by atoms with E-state index >= 15 is 0 Å². The van der Waals surface area contributed by atoms with Crippen molar-refractivity contribution < 1.29 is 13.5 Å². The lowest BCUT2D eigenvalue weighted by atomic mass is 9.98. The summed E-state index contributed by atoms with van der Waals surface area (Å²) in [5, 5.41) is 10.6. The molecular formula is C12H17ClO3S. The molecule has 1 atom stereocenters.